The molecule has 1 aliphatic heterocycles. The Balaban J connectivity index is 1.98. The first kappa shape index (κ1) is 21.4. The number of furan rings is 1. The molecule has 0 fully saturated rings. The Hall–Kier alpha value is -3.32. The third-order valence-corrected chi connectivity index (χ3v) is 4.82. The van der Waals surface area contributed by atoms with Crippen molar-refractivity contribution in [3.63, 3.8) is 0 Å². The third kappa shape index (κ3) is 4.31. The van der Waals surface area contributed by atoms with Gasteiger partial charge in [-0.2, -0.15) is 0 Å². The first-order valence-electron chi connectivity index (χ1n) is 9.65. The second-order valence-corrected chi connectivity index (χ2v) is 6.92. The Morgan fingerprint density at radius 1 is 1.27 bits per heavy atom. The van der Waals surface area contributed by atoms with Gasteiger partial charge in [0.2, 0.25) is 5.78 Å². The van der Waals surface area contributed by atoms with Crippen molar-refractivity contribution in [2.75, 3.05) is 26.9 Å². The molecule has 7 heteroatoms. The molecule has 0 radical (unpaired) electrons. The van der Waals surface area contributed by atoms with Gasteiger partial charge in [-0.1, -0.05) is 24.8 Å². The number of hydrogen-bond donors (Lipinski definition) is 1. The van der Waals surface area contributed by atoms with Crippen LogP contribution in [0.25, 0.3) is 0 Å². The van der Waals surface area contributed by atoms with Gasteiger partial charge in [-0.25, -0.2) is 0 Å². The Kier molecular flexibility index (Phi) is 6.74. The average molecular weight is 411 g/mol. The summed E-state index contributed by atoms with van der Waals surface area (Å²) in [5.74, 6) is -0.369. The summed E-state index contributed by atoms with van der Waals surface area (Å²) in [4.78, 5) is 27.4. The highest BCUT2D eigenvalue weighted by atomic mass is 16.5. The molecule has 0 bridgehead atoms. The number of carbonyl (C=O) groups excluding carboxylic acids is 2. The molecule has 3 rings (SSSR count). The molecular formula is C23H25NO6. The van der Waals surface area contributed by atoms with Gasteiger partial charge in [-0.3, -0.25) is 9.59 Å². The molecule has 0 aliphatic carbocycles. The number of Topliss-reactive ketones (excluding diaryl/α,β-unsaturated/α-hetero) is 1. The predicted octanol–water partition coefficient (Wildman–Crippen LogP) is 3.77. The molecule has 2 heterocycles. The highest BCUT2D eigenvalue weighted by Crippen LogP contribution is 2.39. The number of hydrogen-bond acceptors (Lipinski definition) is 6. The maximum Gasteiger partial charge on any atom is 0.290 e. The fraction of sp³-hybridized carbons (Fsp3) is 0.304. The van der Waals surface area contributed by atoms with Crippen LogP contribution in [0.15, 0.2) is 64.8 Å². The summed E-state index contributed by atoms with van der Waals surface area (Å²) in [5, 5.41) is 10.6. The topological polar surface area (TPSA) is 89.2 Å². The van der Waals surface area contributed by atoms with Crippen molar-refractivity contribution < 1.29 is 28.6 Å². The Morgan fingerprint density at radius 3 is 2.60 bits per heavy atom. The van der Waals surface area contributed by atoms with E-state index in [1.165, 1.54) is 4.90 Å². The maximum absolute atomic E-state index is 13.1. The number of methoxy groups -OCH3 is 1. The number of benzene rings is 1. The zero-order chi connectivity index (χ0) is 21.7. The lowest BCUT2D eigenvalue weighted by Gasteiger charge is -2.26. The SMILES string of the molecule is C=CCOc1ccc([C@H]2C(C(=O)c3ccc(C)o3)=C(O)C(=O)N2CCCOC)cc1. The van der Waals surface area contributed by atoms with Gasteiger partial charge in [0.1, 0.15) is 18.1 Å². The largest absolute Gasteiger partial charge is 0.503 e. The van der Waals surface area contributed by atoms with Crippen LogP contribution in [0.1, 0.15) is 34.3 Å². The van der Waals surface area contributed by atoms with E-state index >= 15 is 0 Å². The summed E-state index contributed by atoms with van der Waals surface area (Å²) >= 11 is 0. The van der Waals surface area contributed by atoms with E-state index in [9.17, 15) is 14.7 Å². The highest BCUT2D eigenvalue weighted by molar-refractivity contribution is 6.15. The van der Waals surface area contributed by atoms with E-state index in [1.807, 2.05) is 0 Å². The standard InChI is InChI=1S/C23H25NO6/c1-4-13-29-17-9-7-16(8-10-17)20-19(21(25)18-11-6-15(2)30-18)22(26)23(27)24(20)12-5-14-28-3/h4,6-11,20,26H,1,5,12-14H2,2-3H3/t20-/m0/s1. The minimum atomic E-state index is -0.735. The molecule has 1 N–H and O–H groups in total. The molecule has 0 spiro atoms. The minimum Gasteiger partial charge on any atom is -0.503 e. The highest BCUT2D eigenvalue weighted by Gasteiger charge is 2.44. The van der Waals surface area contributed by atoms with Gasteiger partial charge < -0.3 is 23.9 Å². The van der Waals surface area contributed by atoms with Crippen molar-refractivity contribution in [3.05, 3.63) is 77.5 Å². The lowest BCUT2D eigenvalue weighted by Crippen LogP contribution is -2.32. The molecule has 1 atom stereocenters. The molecular weight excluding hydrogens is 386 g/mol. The quantitative estimate of drug-likeness (QED) is 0.364. The normalized spacial score (nSPS) is 16.3. The van der Waals surface area contributed by atoms with Gasteiger partial charge in [-0.05, 0) is 43.2 Å². The van der Waals surface area contributed by atoms with Crippen molar-refractivity contribution in [1.29, 1.82) is 0 Å². The zero-order valence-corrected chi connectivity index (χ0v) is 17.1. The van der Waals surface area contributed by atoms with Crippen molar-refractivity contribution in [3.8, 4) is 5.75 Å². The molecule has 1 amide bonds. The molecule has 7 nitrogen and oxygen atoms in total. The minimum absolute atomic E-state index is 0.00604. The van der Waals surface area contributed by atoms with Crippen LogP contribution in [0.4, 0.5) is 0 Å². The van der Waals surface area contributed by atoms with Crippen LogP contribution in [-0.4, -0.2) is 48.6 Å². The molecule has 0 unspecified atom stereocenters. The number of amides is 1. The van der Waals surface area contributed by atoms with Crippen LogP contribution >= 0.6 is 0 Å². The van der Waals surface area contributed by atoms with E-state index in [0.717, 1.165) is 0 Å². The van der Waals surface area contributed by atoms with Crippen LogP contribution < -0.4 is 4.74 Å². The average Bonchev–Trinajstić information content (AvgIpc) is 3.29. The van der Waals surface area contributed by atoms with Gasteiger partial charge in [0.25, 0.3) is 5.91 Å². The third-order valence-electron chi connectivity index (χ3n) is 4.82. The van der Waals surface area contributed by atoms with Crippen molar-refractivity contribution in [1.82, 2.24) is 4.90 Å². The monoisotopic (exact) mass is 411 g/mol. The predicted molar refractivity (Wildman–Crippen MR) is 111 cm³/mol. The number of carbonyl (C=O) groups is 2. The zero-order valence-electron chi connectivity index (χ0n) is 17.1. The summed E-state index contributed by atoms with van der Waals surface area (Å²) in [6.07, 6.45) is 2.21. The molecule has 0 saturated carbocycles. The van der Waals surface area contributed by atoms with Crippen molar-refractivity contribution in [2.45, 2.75) is 19.4 Å². The second kappa shape index (κ2) is 9.45. The fourth-order valence-corrected chi connectivity index (χ4v) is 3.43. The first-order chi connectivity index (χ1) is 14.5. The number of nitrogens with zero attached hydrogens (tertiary/aromatic N) is 1. The van der Waals surface area contributed by atoms with Crippen LogP contribution in [0.5, 0.6) is 5.75 Å². The number of aliphatic hydroxyl groups is 1. The van der Waals surface area contributed by atoms with Gasteiger partial charge in [0, 0.05) is 20.3 Å². The summed E-state index contributed by atoms with van der Waals surface area (Å²) in [6.45, 7) is 6.48. The summed E-state index contributed by atoms with van der Waals surface area (Å²) < 4.78 is 16.0. The molecule has 1 aromatic carbocycles. The fourth-order valence-electron chi connectivity index (χ4n) is 3.43. The summed E-state index contributed by atoms with van der Waals surface area (Å²) in [6, 6.07) is 9.53. The molecule has 1 aliphatic rings. The molecule has 2 aromatic rings. The van der Waals surface area contributed by atoms with Crippen LogP contribution in [0.3, 0.4) is 0 Å². The molecule has 158 valence electrons. The van der Waals surface area contributed by atoms with Crippen LogP contribution in [0.2, 0.25) is 0 Å². The number of ketones is 1. The van der Waals surface area contributed by atoms with E-state index < -0.39 is 23.5 Å². The van der Waals surface area contributed by atoms with Gasteiger partial charge in [0.05, 0.1) is 11.6 Å². The van der Waals surface area contributed by atoms with Gasteiger partial charge >= 0.3 is 0 Å². The number of aliphatic hydroxyl groups excluding tert-OH is 1. The van der Waals surface area contributed by atoms with E-state index in [0.29, 0.717) is 43.3 Å². The lowest BCUT2D eigenvalue weighted by atomic mass is 9.95. The first-order valence-corrected chi connectivity index (χ1v) is 9.65. The molecule has 0 saturated heterocycles. The Bertz CT molecular complexity index is 956. The van der Waals surface area contributed by atoms with Crippen molar-refractivity contribution >= 4 is 11.7 Å². The Morgan fingerprint density at radius 2 is 2.00 bits per heavy atom. The Labute approximate surface area is 175 Å². The van der Waals surface area contributed by atoms with Crippen LogP contribution in [0, 0.1) is 6.92 Å². The number of aryl methyl sites for hydroxylation is 1. The molecule has 1 aromatic heterocycles. The summed E-state index contributed by atoms with van der Waals surface area (Å²) in [5.41, 5.74) is 0.689. The number of ether oxygens (including phenoxy) is 2. The smallest absolute Gasteiger partial charge is 0.290 e. The lowest BCUT2D eigenvalue weighted by molar-refractivity contribution is -0.129. The van der Waals surface area contributed by atoms with Crippen molar-refractivity contribution in [2.24, 2.45) is 0 Å². The number of rotatable bonds is 10. The van der Waals surface area contributed by atoms with Crippen LogP contribution in [-0.2, 0) is 9.53 Å². The van der Waals surface area contributed by atoms with E-state index in [1.54, 1.807) is 56.5 Å². The van der Waals surface area contributed by atoms with E-state index in [-0.39, 0.29) is 11.3 Å². The second-order valence-electron chi connectivity index (χ2n) is 6.92. The van der Waals surface area contributed by atoms with Gasteiger partial charge in [-0.15, -0.1) is 0 Å². The molecule has 30 heavy (non-hydrogen) atoms. The van der Waals surface area contributed by atoms with E-state index in [2.05, 4.69) is 6.58 Å². The maximum atomic E-state index is 13.1. The summed E-state index contributed by atoms with van der Waals surface area (Å²) in [7, 11) is 1.58. The van der Waals surface area contributed by atoms with Gasteiger partial charge in [0.15, 0.2) is 11.5 Å². The van der Waals surface area contributed by atoms with E-state index in [4.69, 9.17) is 13.9 Å².